The van der Waals surface area contributed by atoms with Crippen LogP contribution in [0.2, 0.25) is 0 Å². The number of piperazine rings is 1. The third-order valence-electron chi connectivity index (χ3n) is 6.13. The first-order valence-corrected chi connectivity index (χ1v) is 11.5. The predicted molar refractivity (Wildman–Crippen MR) is 126 cm³/mol. The van der Waals surface area contributed by atoms with E-state index in [1.165, 1.54) is 4.57 Å². The zero-order valence-electron chi connectivity index (χ0n) is 19.4. The minimum Gasteiger partial charge on any atom is -0.397 e. The van der Waals surface area contributed by atoms with Crippen LogP contribution in [0.3, 0.4) is 0 Å². The van der Waals surface area contributed by atoms with Crippen molar-refractivity contribution in [2.45, 2.75) is 13.3 Å². The van der Waals surface area contributed by atoms with E-state index in [0.717, 1.165) is 0 Å². The van der Waals surface area contributed by atoms with Crippen molar-refractivity contribution < 1.29 is 18.3 Å². The number of alkyl halides is 2. The number of nitrogens with zero attached hydrogens (tertiary/aromatic N) is 8. The van der Waals surface area contributed by atoms with Gasteiger partial charge in [-0.2, -0.15) is 15.0 Å². The zero-order chi connectivity index (χ0) is 24.5. The van der Waals surface area contributed by atoms with Gasteiger partial charge in [-0.3, -0.25) is 14.3 Å². The zero-order valence-corrected chi connectivity index (χ0v) is 19.4. The molecule has 186 valence electrons. The van der Waals surface area contributed by atoms with Crippen molar-refractivity contribution >= 4 is 34.4 Å². The minimum atomic E-state index is -2.86. The van der Waals surface area contributed by atoms with E-state index in [0.29, 0.717) is 82.1 Å². The summed E-state index contributed by atoms with van der Waals surface area (Å²) < 4.78 is 34.9. The maximum absolute atomic E-state index is 14.1. The maximum atomic E-state index is 14.1. The Morgan fingerprint density at radius 1 is 0.971 bits per heavy atom. The van der Waals surface area contributed by atoms with Crippen molar-refractivity contribution in [1.82, 2.24) is 29.4 Å². The van der Waals surface area contributed by atoms with Crippen molar-refractivity contribution in [3.8, 4) is 5.95 Å². The number of aromatic nitrogens is 5. The summed E-state index contributed by atoms with van der Waals surface area (Å²) in [5, 5.41) is 0. The fraction of sp³-hybridized carbons (Fsp3) is 0.500. The van der Waals surface area contributed by atoms with Crippen LogP contribution in [0.15, 0.2) is 18.2 Å². The van der Waals surface area contributed by atoms with Gasteiger partial charge in [-0.15, -0.1) is 0 Å². The van der Waals surface area contributed by atoms with Crippen molar-refractivity contribution in [2.24, 2.45) is 0 Å². The number of imidazole rings is 1. The number of nitrogens with two attached hydrogens (primary N) is 1. The lowest BCUT2D eigenvalue weighted by atomic mass is 10.3. The molecule has 4 heterocycles. The van der Waals surface area contributed by atoms with Crippen LogP contribution in [0.1, 0.15) is 19.2 Å². The van der Waals surface area contributed by atoms with Crippen LogP contribution in [0.25, 0.3) is 17.0 Å². The first kappa shape index (κ1) is 23.3. The van der Waals surface area contributed by atoms with Gasteiger partial charge in [-0.1, -0.05) is 6.07 Å². The average Bonchev–Trinajstić information content (AvgIpc) is 3.26. The summed E-state index contributed by atoms with van der Waals surface area (Å²) in [6.45, 7) is 6.69. The number of nitrogen functional groups attached to an aromatic ring is 1. The second-order valence-corrected chi connectivity index (χ2v) is 8.62. The molecule has 0 radical (unpaired) electrons. The van der Waals surface area contributed by atoms with Gasteiger partial charge in [0.05, 0.1) is 31.0 Å². The Morgan fingerprint density at radius 2 is 1.60 bits per heavy atom. The van der Waals surface area contributed by atoms with Gasteiger partial charge in [-0.25, -0.2) is 13.8 Å². The van der Waals surface area contributed by atoms with E-state index in [1.807, 2.05) is 9.80 Å². The Balaban J connectivity index is 1.58. The fourth-order valence-electron chi connectivity index (χ4n) is 4.41. The smallest absolute Gasteiger partial charge is 0.296 e. The summed E-state index contributed by atoms with van der Waals surface area (Å²) in [5.74, 6) is 0.483. The second-order valence-electron chi connectivity index (χ2n) is 8.62. The van der Waals surface area contributed by atoms with E-state index in [1.54, 1.807) is 25.1 Å². The van der Waals surface area contributed by atoms with E-state index in [4.69, 9.17) is 15.5 Å². The van der Waals surface area contributed by atoms with Gasteiger partial charge >= 0.3 is 0 Å². The predicted octanol–water partition coefficient (Wildman–Crippen LogP) is 1.28. The number of ether oxygens (including phenoxy) is 1. The monoisotopic (exact) mass is 487 g/mol. The molecule has 5 rings (SSSR count). The third-order valence-corrected chi connectivity index (χ3v) is 6.13. The van der Waals surface area contributed by atoms with Gasteiger partial charge in [0.25, 0.3) is 6.43 Å². The summed E-state index contributed by atoms with van der Waals surface area (Å²) in [7, 11) is 0. The molecule has 2 aromatic heterocycles. The van der Waals surface area contributed by atoms with Gasteiger partial charge < -0.3 is 20.3 Å². The van der Waals surface area contributed by atoms with E-state index in [9.17, 15) is 13.6 Å². The van der Waals surface area contributed by atoms with Gasteiger partial charge in [0.1, 0.15) is 11.3 Å². The molecular formula is C22H27F2N9O2. The number of halogens is 2. The molecule has 13 heteroatoms. The summed E-state index contributed by atoms with van der Waals surface area (Å²) in [6, 6.07) is 4.97. The summed E-state index contributed by atoms with van der Waals surface area (Å²) >= 11 is 0. The quantitative estimate of drug-likeness (QED) is 0.509. The number of carbonyl (C=O) groups is 1. The molecule has 2 fully saturated rings. The number of Topliss-reactive ketones (excluding diaryl/α,β-unsaturated/α-hetero) is 1. The van der Waals surface area contributed by atoms with E-state index in [-0.39, 0.29) is 17.2 Å². The van der Waals surface area contributed by atoms with Crippen LogP contribution in [-0.4, -0.2) is 94.2 Å². The Morgan fingerprint density at radius 3 is 2.23 bits per heavy atom. The van der Waals surface area contributed by atoms with Crippen LogP contribution in [-0.2, 0) is 9.53 Å². The molecule has 3 aromatic rings. The highest BCUT2D eigenvalue weighted by molar-refractivity contribution is 5.88. The Labute approximate surface area is 200 Å². The van der Waals surface area contributed by atoms with Crippen LogP contribution >= 0.6 is 0 Å². The Kier molecular flexibility index (Phi) is 6.43. The Bertz CT molecular complexity index is 1220. The number of hydrogen-bond acceptors (Lipinski definition) is 10. The largest absolute Gasteiger partial charge is 0.397 e. The number of anilines is 3. The first-order chi connectivity index (χ1) is 16.9. The number of carbonyl (C=O) groups excluding carboxylic acids is 1. The van der Waals surface area contributed by atoms with Crippen LogP contribution in [0, 0.1) is 0 Å². The summed E-state index contributed by atoms with van der Waals surface area (Å²) in [5.41, 5.74) is 7.00. The Hall–Kier alpha value is -3.45. The van der Waals surface area contributed by atoms with Crippen LogP contribution in [0.5, 0.6) is 0 Å². The second kappa shape index (κ2) is 9.66. The standard InChI is InChI=1S/C22H27F2N9O2/c1-14(34)13-30-5-7-31(8-6-30)20-27-21(32-9-11-35-12-10-32)29-22(28-20)33-16-4-2-3-15(25)17(16)26-19(33)18(23)24/h2-4,18H,5-13,25H2,1H3. The fourth-order valence-corrected chi connectivity index (χ4v) is 4.41. The van der Waals surface area contributed by atoms with Crippen LogP contribution in [0.4, 0.5) is 26.4 Å². The molecule has 0 amide bonds. The molecule has 11 nitrogen and oxygen atoms in total. The number of rotatable bonds is 6. The third kappa shape index (κ3) is 4.73. The lowest BCUT2D eigenvalue weighted by Crippen LogP contribution is -2.48. The van der Waals surface area contributed by atoms with Gasteiger partial charge in [0.15, 0.2) is 5.82 Å². The minimum absolute atomic E-state index is 0.0612. The van der Waals surface area contributed by atoms with E-state index >= 15 is 0 Å². The number of para-hydroxylation sites is 1. The van der Waals surface area contributed by atoms with Gasteiger partial charge in [0, 0.05) is 39.3 Å². The molecular weight excluding hydrogens is 460 g/mol. The topological polar surface area (TPSA) is 119 Å². The highest BCUT2D eigenvalue weighted by Crippen LogP contribution is 2.30. The molecule has 2 aliphatic heterocycles. The van der Waals surface area contributed by atoms with Crippen LogP contribution < -0.4 is 15.5 Å². The molecule has 0 bridgehead atoms. The molecule has 0 unspecified atom stereocenters. The maximum Gasteiger partial charge on any atom is 0.296 e. The number of hydrogen-bond donors (Lipinski definition) is 1. The van der Waals surface area contributed by atoms with E-state index in [2.05, 4.69) is 19.9 Å². The molecule has 2 saturated heterocycles. The normalized spacial score (nSPS) is 17.5. The number of fused-ring (bicyclic) bond motifs is 1. The lowest BCUT2D eigenvalue weighted by molar-refractivity contribution is -0.118. The van der Waals surface area contributed by atoms with Gasteiger partial charge in [-0.05, 0) is 19.1 Å². The van der Waals surface area contributed by atoms with E-state index < -0.39 is 12.2 Å². The summed E-state index contributed by atoms with van der Waals surface area (Å²) in [6.07, 6.45) is -2.86. The average molecular weight is 488 g/mol. The van der Waals surface area contributed by atoms with Crippen molar-refractivity contribution in [1.29, 1.82) is 0 Å². The molecule has 0 saturated carbocycles. The molecule has 2 aliphatic rings. The number of morpholine rings is 1. The molecule has 35 heavy (non-hydrogen) atoms. The van der Waals surface area contributed by atoms with Crippen molar-refractivity contribution in [2.75, 3.05) is 74.6 Å². The highest BCUT2D eigenvalue weighted by atomic mass is 19.3. The van der Waals surface area contributed by atoms with Crippen molar-refractivity contribution in [3.05, 3.63) is 24.0 Å². The molecule has 0 aliphatic carbocycles. The summed E-state index contributed by atoms with van der Waals surface area (Å²) in [4.78, 5) is 35.5. The molecule has 2 N–H and O–H groups in total. The van der Waals surface area contributed by atoms with Crippen molar-refractivity contribution in [3.63, 3.8) is 0 Å². The highest BCUT2D eigenvalue weighted by Gasteiger charge is 2.27. The first-order valence-electron chi connectivity index (χ1n) is 11.5. The molecule has 0 atom stereocenters. The number of ketones is 1. The lowest BCUT2D eigenvalue weighted by Gasteiger charge is -2.35. The SMILES string of the molecule is CC(=O)CN1CCN(c2nc(N3CCOCC3)nc(-n3c(C(F)F)nc4c(N)cccc43)n2)CC1. The van der Waals surface area contributed by atoms with Gasteiger partial charge in [0.2, 0.25) is 17.8 Å². The molecule has 1 aromatic carbocycles. The number of benzene rings is 1. The molecule has 0 spiro atoms.